The van der Waals surface area contributed by atoms with Crippen LogP contribution in [0.1, 0.15) is 0 Å². The summed E-state index contributed by atoms with van der Waals surface area (Å²) in [7, 11) is 0. The number of halogens is 3. The van der Waals surface area contributed by atoms with Crippen molar-refractivity contribution in [3.63, 3.8) is 0 Å². The molecule has 90 valence electrons. The number of nitrogens with zero attached hydrogens (tertiary/aromatic N) is 2. The molecule has 0 saturated carbocycles. The van der Waals surface area contributed by atoms with Gasteiger partial charge in [-0.25, -0.2) is 14.4 Å². The van der Waals surface area contributed by atoms with Crippen molar-refractivity contribution in [2.75, 3.05) is 0 Å². The van der Waals surface area contributed by atoms with Crippen LogP contribution in [0.25, 0.3) is 22.3 Å². The Hall–Kier alpha value is -1.04. The average molecular weight is 344 g/mol. The molecular formula is C12H5BrClFN2S. The van der Waals surface area contributed by atoms with Gasteiger partial charge in [-0.3, -0.25) is 0 Å². The van der Waals surface area contributed by atoms with Gasteiger partial charge in [0.05, 0.1) is 9.30 Å². The van der Waals surface area contributed by atoms with Crippen LogP contribution in [0.3, 0.4) is 0 Å². The molecule has 0 aliphatic carbocycles. The van der Waals surface area contributed by atoms with Crippen LogP contribution in [0.4, 0.5) is 4.39 Å². The van der Waals surface area contributed by atoms with Crippen LogP contribution in [0, 0.1) is 5.82 Å². The predicted octanol–water partition coefficient (Wildman–Crippen LogP) is 4.91. The van der Waals surface area contributed by atoms with Gasteiger partial charge in [0.1, 0.15) is 11.0 Å². The lowest BCUT2D eigenvalue weighted by molar-refractivity contribution is 0.629. The van der Waals surface area contributed by atoms with E-state index in [0.29, 0.717) is 21.9 Å². The van der Waals surface area contributed by atoms with Crippen molar-refractivity contribution in [1.82, 2.24) is 9.97 Å². The van der Waals surface area contributed by atoms with Crippen molar-refractivity contribution in [1.29, 1.82) is 0 Å². The largest absolute Gasteiger partial charge is 0.228 e. The highest BCUT2D eigenvalue weighted by Gasteiger charge is 2.10. The molecule has 0 spiro atoms. The molecule has 0 aliphatic rings. The second kappa shape index (κ2) is 4.57. The van der Waals surface area contributed by atoms with E-state index in [4.69, 9.17) is 11.6 Å². The molecule has 18 heavy (non-hydrogen) atoms. The van der Waals surface area contributed by atoms with E-state index in [0.717, 1.165) is 9.35 Å². The van der Waals surface area contributed by atoms with Crippen LogP contribution in [0.15, 0.2) is 33.4 Å². The van der Waals surface area contributed by atoms with Crippen LogP contribution in [0.2, 0.25) is 5.15 Å². The monoisotopic (exact) mass is 342 g/mol. The predicted molar refractivity (Wildman–Crippen MR) is 75.5 cm³/mol. The Bertz CT molecular complexity index is 744. The number of aromatic nitrogens is 2. The maximum absolute atomic E-state index is 13.2. The first-order valence-corrected chi connectivity index (χ1v) is 7.06. The van der Waals surface area contributed by atoms with Crippen molar-refractivity contribution in [3.05, 3.63) is 44.4 Å². The number of fused-ring (bicyclic) bond motifs is 1. The van der Waals surface area contributed by atoms with E-state index >= 15 is 0 Å². The van der Waals surface area contributed by atoms with Crippen LogP contribution >= 0.6 is 38.9 Å². The zero-order valence-electron chi connectivity index (χ0n) is 8.82. The maximum Gasteiger partial charge on any atom is 0.162 e. The summed E-state index contributed by atoms with van der Waals surface area (Å²) < 4.78 is 14.2. The summed E-state index contributed by atoms with van der Waals surface area (Å²) >= 11 is 11.0. The third kappa shape index (κ3) is 2.13. The fourth-order valence-corrected chi connectivity index (χ4v) is 3.00. The molecule has 0 atom stereocenters. The van der Waals surface area contributed by atoms with Gasteiger partial charge in [-0.05, 0) is 34.1 Å². The number of hydrogen-bond acceptors (Lipinski definition) is 3. The van der Waals surface area contributed by atoms with E-state index in [1.54, 1.807) is 6.07 Å². The van der Waals surface area contributed by atoms with Gasteiger partial charge in [-0.2, -0.15) is 0 Å². The Kier molecular flexibility index (Phi) is 3.05. The third-order valence-electron chi connectivity index (χ3n) is 2.44. The van der Waals surface area contributed by atoms with Gasteiger partial charge in [0, 0.05) is 22.4 Å². The normalized spacial score (nSPS) is 11.1. The smallest absolute Gasteiger partial charge is 0.162 e. The molecule has 3 aromatic rings. The zero-order valence-corrected chi connectivity index (χ0v) is 12.0. The van der Waals surface area contributed by atoms with Crippen molar-refractivity contribution in [3.8, 4) is 11.4 Å². The minimum atomic E-state index is -0.338. The molecule has 2 aromatic heterocycles. The summed E-state index contributed by atoms with van der Waals surface area (Å²) in [4.78, 5) is 8.56. The van der Waals surface area contributed by atoms with E-state index in [-0.39, 0.29) is 5.82 Å². The fourth-order valence-electron chi connectivity index (χ4n) is 1.62. The van der Waals surface area contributed by atoms with E-state index < -0.39 is 0 Å². The van der Waals surface area contributed by atoms with Crippen molar-refractivity contribution < 1.29 is 4.39 Å². The molecule has 2 nitrogen and oxygen atoms in total. The maximum atomic E-state index is 13.2. The van der Waals surface area contributed by atoms with Gasteiger partial charge >= 0.3 is 0 Å². The minimum absolute atomic E-state index is 0.331. The van der Waals surface area contributed by atoms with E-state index in [1.807, 2.05) is 11.4 Å². The van der Waals surface area contributed by atoms with Gasteiger partial charge < -0.3 is 0 Å². The minimum Gasteiger partial charge on any atom is -0.228 e. The second-order valence-corrected chi connectivity index (χ2v) is 6.29. The lowest BCUT2D eigenvalue weighted by Crippen LogP contribution is -1.91. The van der Waals surface area contributed by atoms with Gasteiger partial charge in [0.15, 0.2) is 5.82 Å². The number of hydrogen-bond donors (Lipinski definition) is 0. The van der Waals surface area contributed by atoms with Gasteiger partial charge in [0.25, 0.3) is 0 Å². The highest BCUT2D eigenvalue weighted by molar-refractivity contribution is 9.11. The molecule has 0 unspecified atom stereocenters. The molecule has 6 heteroatoms. The average Bonchev–Trinajstić information content (AvgIpc) is 2.75. The lowest BCUT2D eigenvalue weighted by atomic mass is 10.2. The molecule has 0 aliphatic heterocycles. The lowest BCUT2D eigenvalue weighted by Gasteiger charge is -2.03. The first kappa shape index (κ1) is 12.0. The fraction of sp³-hybridized carbons (Fsp3) is 0. The Labute approximate surface area is 120 Å². The Morgan fingerprint density at radius 1 is 1.22 bits per heavy atom. The van der Waals surface area contributed by atoms with Crippen molar-refractivity contribution in [2.45, 2.75) is 0 Å². The van der Waals surface area contributed by atoms with Crippen LogP contribution in [0.5, 0.6) is 0 Å². The molecule has 0 radical (unpaired) electrons. The number of rotatable bonds is 1. The Balaban J connectivity index is 2.26. The standard InChI is InChI=1S/C12H5BrClFN2S/c13-10-3-6(5-18-10)12-16-9-4-7(15)1-2-8(9)11(14)17-12/h1-5H. The SMILES string of the molecule is Fc1ccc2c(Cl)nc(-c3csc(Br)c3)nc2c1. The zero-order chi connectivity index (χ0) is 12.7. The highest BCUT2D eigenvalue weighted by Crippen LogP contribution is 2.30. The van der Waals surface area contributed by atoms with E-state index in [9.17, 15) is 4.39 Å². The topological polar surface area (TPSA) is 25.8 Å². The van der Waals surface area contributed by atoms with E-state index in [1.165, 1.54) is 23.5 Å². The van der Waals surface area contributed by atoms with Crippen molar-refractivity contribution >= 4 is 49.8 Å². The summed E-state index contributed by atoms with van der Waals surface area (Å²) in [6.45, 7) is 0. The second-order valence-electron chi connectivity index (χ2n) is 3.64. The summed E-state index contributed by atoms with van der Waals surface area (Å²) in [5.74, 6) is 0.162. The first-order valence-electron chi connectivity index (χ1n) is 5.01. The van der Waals surface area contributed by atoms with Gasteiger partial charge in [-0.1, -0.05) is 11.6 Å². The first-order chi connectivity index (χ1) is 8.63. The molecule has 3 rings (SSSR count). The Morgan fingerprint density at radius 2 is 2.06 bits per heavy atom. The molecule has 0 fully saturated rings. The van der Waals surface area contributed by atoms with E-state index in [2.05, 4.69) is 25.9 Å². The van der Waals surface area contributed by atoms with Crippen LogP contribution in [-0.4, -0.2) is 9.97 Å². The molecule has 1 aromatic carbocycles. The van der Waals surface area contributed by atoms with Crippen molar-refractivity contribution in [2.24, 2.45) is 0 Å². The van der Waals surface area contributed by atoms with Crippen LogP contribution in [-0.2, 0) is 0 Å². The number of thiophene rings is 1. The molecule has 2 heterocycles. The van der Waals surface area contributed by atoms with Gasteiger partial charge in [0.2, 0.25) is 0 Å². The van der Waals surface area contributed by atoms with Gasteiger partial charge in [-0.15, -0.1) is 11.3 Å². The summed E-state index contributed by atoms with van der Waals surface area (Å²) in [5.41, 5.74) is 1.37. The molecule has 0 saturated heterocycles. The molecule has 0 bridgehead atoms. The third-order valence-corrected chi connectivity index (χ3v) is 4.23. The molecule has 0 amide bonds. The highest BCUT2D eigenvalue weighted by atomic mass is 79.9. The summed E-state index contributed by atoms with van der Waals surface area (Å²) in [5, 5.41) is 2.90. The summed E-state index contributed by atoms with van der Waals surface area (Å²) in [6.07, 6.45) is 0. The molecule has 0 N–H and O–H groups in total. The Morgan fingerprint density at radius 3 is 2.78 bits per heavy atom. The number of benzene rings is 1. The quantitative estimate of drug-likeness (QED) is 0.587. The summed E-state index contributed by atoms with van der Waals surface area (Å²) in [6, 6.07) is 6.19. The van der Waals surface area contributed by atoms with Crippen LogP contribution < -0.4 is 0 Å². The molecular weight excluding hydrogens is 339 g/mol.